The van der Waals surface area contributed by atoms with Crippen molar-refractivity contribution in [1.82, 2.24) is 9.80 Å². The predicted molar refractivity (Wildman–Crippen MR) is 140 cm³/mol. The van der Waals surface area contributed by atoms with Crippen LogP contribution >= 0.6 is 34.8 Å². The van der Waals surface area contributed by atoms with Gasteiger partial charge in [-0.1, -0.05) is 53.0 Å². The second-order valence-electron chi connectivity index (χ2n) is 8.84. The van der Waals surface area contributed by atoms with E-state index in [4.69, 9.17) is 44.4 Å². The summed E-state index contributed by atoms with van der Waals surface area (Å²) in [4.78, 5) is 21.3. The zero-order chi connectivity index (χ0) is 24.7. The van der Waals surface area contributed by atoms with Gasteiger partial charge in [0.15, 0.2) is 0 Å². The van der Waals surface area contributed by atoms with Gasteiger partial charge in [0, 0.05) is 35.7 Å². The van der Waals surface area contributed by atoms with E-state index in [0.29, 0.717) is 21.1 Å². The predicted octanol–water partition coefficient (Wildman–Crippen LogP) is 6.42. The van der Waals surface area contributed by atoms with Crippen molar-refractivity contribution in [2.45, 2.75) is 38.3 Å². The van der Waals surface area contributed by atoms with Crippen LogP contribution in [-0.4, -0.2) is 55.2 Å². The van der Waals surface area contributed by atoms with Gasteiger partial charge >= 0.3 is 6.15 Å². The van der Waals surface area contributed by atoms with Crippen LogP contribution in [0, 0.1) is 0 Å². The van der Waals surface area contributed by atoms with Gasteiger partial charge in [0.1, 0.15) is 0 Å². The molecule has 182 valence electrons. The van der Waals surface area contributed by atoms with Crippen LogP contribution in [0.25, 0.3) is 5.57 Å². The maximum absolute atomic E-state index is 8.12. The van der Waals surface area contributed by atoms with Gasteiger partial charge in [0.25, 0.3) is 0 Å². The molecule has 5 nitrogen and oxygen atoms in total. The van der Waals surface area contributed by atoms with Crippen molar-refractivity contribution < 1.29 is 9.59 Å². The third-order valence-corrected chi connectivity index (χ3v) is 7.39. The SMILES string of the molecule is CC(Nc1cc(C2=CCN([C@H]3CCCN(C)C3)CC2)ccc1Cl)c1ccc(Cl)cc1Cl.O=C=O. The number of piperidine rings is 1. The largest absolute Gasteiger partial charge is 0.377 e. The van der Waals surface area contributed by atoms with Gasteiger partial charge < -0.3 is 10.2 Å². The number of nitrogens with one attached hydrogen (secondary N) is 1. The molecule has 8 heteroatoms. The molecule has 0 amide bonds. The third-order valence-electron chi connectivity index (χ3n) is 6.49. The van der Waals surface area contributed by atoms with Crippen LogP contribution in [-0.2, 0) is 9.59 Å². The summed E-state index contributed by atoms with van der Waals surface area (Å²) in [6.45, 7) is 6.63. The standard InChI is InChI=1S/C25H30Cl3N3.CO2/c1-17(22-7-6-20(26)15-24(22)28)29-25-14-19(5-8-23(25)27)18-9-12-31(13-10-18)21-4-3-11-30(2)16-21;2-1-3/h5-9,14-15,17,21,29H,3-4,10-13,16H2,1-2H3;/t17?,21-;/m0./s1. The van der Waals surface area contributed by atoms with E-state index in [1.54, 1.807) is 6.07 Å². The van der Waals surface area contributed by atoms with Crippen LogP contribution in [0.1, 0.15) is 43.4 Å². The van der Waals surface area contributed by atoms with E-state index in [-0.39, 0.29) is 12.2 Å². The summed E-state index contributed by atoms with van der Waals surface area (Å²) in [5.74, 6) is 0. The first-order chi connectivity index (χ1) is 16.3. The first-order valence-corrected chi connectivity index (χ1v) is 12.6. The van der Waals surface area contributed by atoms with E-state index in [2.05, 4.69) is 47.3 Å². The van der Waals surface area contributed by atoms with Crippen LogP contribution in [0.4, 0.5) is 5.69 Å². The van der Waals surface area contributed by atoms with Gasteiger partial charge in [-0.3, -0.25) is 4.90 Å². The molecule has 1 fully saturated rings. The minimum Gasteiger partial charge on any atom is -0.377 e. The molecule has 0 bridgehead atoms. The van der Waals surface area contributed by atoms with Crippen LogP contribution in [0.15, 0.2) is 42.5 Å². The molecule has 4 rings (SSSR count). The number of hydrogen-bond donors (Lipinski definition) is 1. The van der Waals surface area contributed by atoms with E-state index < -0.39 is 0 Å². The highest BCUT2D eigenvalue weighted by Gasteiger charge is 2.25. The van der Waals surface area contributed by atoms with E-state index in [9.17, 15) is 0 Å². The Morgan fingerprint density at radius 1 is 1.06 bits per heavy atom. The van der Waals surface area contributed by atoms with E-state index in [1.807, 2.05) is 18.2 Å². The number of benzene rings is 2. The summed E-state index contributed by atoms with van der Waals surface area (Å²) < 4.78 is 0. The molecule has 0 saturated carbocycles. The minimum atomic E-state index is 0.0108. The van der Waals surface area contributed by atoms with Crippen molar-refractivity contribution in [2.75, 3.05) is 38.5 Å². The number of carbonyl (C=O) groups excluding carboxylic acids is 2. The first-order valence-electron chi connectivity index (χ1n) is 11.4. The summed E-state index contributed by atoms with van der Waals surface area (Å²) in [5, 5.41) is 5.53. The molecule has 2 aliphatic heterocycles. The molecule has 34 heavy (non-hydrogen) atoms. The maximum atomic E-state index is 8.12. The lowest BCUT2D eigenvalue weighted by atomic mass is 9.96. The van der Waals surface area contributed by atoms with Crippen molar-refractivity contribution in [3.05, 3.63) is 68.7 Å². The molecule has 1 N–H and O–H groups in total. The van der Waals surface area contributed by atoms with Crippen molar-refractivity contribution >= 4 is 52.2 Å². The molecule has 0 spiro atoms. The Labute approximate surface area is 216 Å². The summed E-state index contributed by atoms with van der Waals surface area (Å²) in [6.07, 6.45) is 6.33. The smallest absolute Gasteiger partial charge is 0.373 e. The van der Waals surface area contributed by atoms with Gasteiger partial charge in [-0.05, 0) is 80.7 Å². The summed E-state index contributed by atoms with van der Waals surface area (Å²) in [6, 6.07) is 12.6. The highest BCUT2D eigenvalue weighted by molar-refractivity contribution is 6.35. The molecule has 1 saturated heterocycles. The van der Waals surface area contributed by atoms with Gasteiger partial charge in [-0.15, -0.1) is 0 Å². The molecule has 2 aromatic rings. The lowest BCUT2D eigenvalue weighted by molar-refractivity contribution is -0.191. The minimum absolute atomic E-state index is 0.0108. The average molecular weight is 523 g/mol. The molecule has 2 aliphatic rings. The fraction of sp³-hybridized carbons (Fsp3) is 0.423. The van der Waals surface area contributed by atoms with Crippen LogP contribution in [0.3, 0.4) is 0 Å². The average Bonchev–Trinajstić information content (AvgIpc) is 2.81. The monoisotopic (exact) mass is 521 g/mol. The quantitative estimate of drug-likeness (QED) is 0.491. The molecule has 0 radical (unpaired) electrons. The Hall–Kier alpha value is -1.85. The molecule has 0 aliphatic carbocycles. The zero-order valence-electron chi connectivity index (χ0n) is 19.5. The molecular weight excluding hydrogens is 493 g/mol. The van der Waals surface area contributed by atoms with Crippen molar-refractivity contribution in [3.63, 3.8) is 0 Å². The highest BCUT2D eigenvalue weighted by atomic mass is 35.5. The number of rotatable bonds is 5. The van der Waals surface area contributed by atoms with E-state index in [0.717, 1.165) is 30.8 Å². The lowest BCUT2D eigenvalue weighted by Crippen LogP contribution is -2.47. The first kappa shape index (κ1) is 26.7. The fourth-order valence-corrected chi connectivity index (χ4v) is 5.46. The summed E-state index contributed by atoms with van der Waals surface area (Å²) >= 11 is 19.0. The molecule has 0 aromatic heterocycles. The fourth-order valence-electron chi connectivity index (χ4n) is 4.72. The van der Waals surface area contributed by atoms with Crippen molar-refractivity contribution in [2.24, 2.45) is 0 Å². The van der Waals surface area contributed by atoms with E-state index in [1.165, 1.54) is 37.1 Å². The van der Waals surface area contributed by atoms with Gasteiger partial charge in [0.05, 0.1) is 16.8 Å². The van der Waals surface area contributed by atoms with Crippen molar-refractivity contribution in [3.8, 4) is 0 Å². The number of likely N-dealkylation sites (tertiary alicyclic amines) is 1. The maximum Gasteiger partial charge on any atom is 0.373 e. The molecule has 2 heterocycles. The normalized spacial score (nSPS) is 19.9. The van der Waals surface area contributed by atoms with Gasteiger partial charge in [0.2, 0.25) is 0 Å². The number of anilines is 1. The van der Waals surface area contributed by atoms with Crippen LogP contribution in [0.5, 0.6) is 0 Å². The van der Waals surface area contributed by atoms with Gasteiger partial charge in [-0.25, -0.2) is 0 Å². The van der Waals surface area contributed by atoms with Crippen molar-refractivity contribution in [1.29, 1.82) is 0 Å². The molecule has 2 atom stereocenters. The van der Waals surface area contributed by atoms with Gasteiger partial charge in [-0.2, -0.15) is 9.59 Å². The molecular formula is C26H30Cl3N3O2. The lowest BCUT2D eigenvalue weighted by Gasteiger charge is -2.39. The summed E-state index contributed by atoms with van der Waals surface area (Å²) in [5.41, 5.74) is 4.56. The topological polar surface area (TPSA) is 52.6 Å². The summed E-state index contributed by atoms with van der Waals surface area (Å²) in [7, 11) is 2.23. The Morgan fingerprint density at radius 3 is 2.47 bits per heavy atom. The molecule has 2 aromatic carbocycles. The third kappa shape index (κ3) is 7.08. The van der Waals surface area contributed by atoms with Crippen LogP contribution < -0.4 is 5.32 Å². The number of likely N-dealkylation sites (N-methyl/N-ethyl adjacent to an activating group) is 1. The van der Waals surface area contributed by atoms with Crippen LogP contribution in [0.2, 0.25) is 15.1 Å². The number of halogens is 3. The highest BCUT2D eigenvalue weighted by Crippen LogP contribution is 2.34. The molecule has 1 unspecified atom stereocenters. The Morgan fingerprint density at radius 2 is 1.82 bits per heavy atom. The Kier molecular flexibility index (Phi) is 10.0. The zero-order valence-corrected chi connectivity index (χ0v) is 21.8. The Bertz CT molecular complexity index is 1050. The van der Waals surface area contributed by atoms with E-state index >= 15 is 0 Å². The number of hydrogen-bond acceptors (Lipinski definition) is 5. The number of nitrogens with zero attached hydrogens (tertiary/aromatic N) is 2. The second-order valence-corrected chi connectivity index (χ2v) is 10.1. The Balaban J connectivity index is 0.00000103. The second kappa shape index (κ2) is 12.7.